The van der Waals surface area contributed by atoms with Gasteiger partial charge < -0.3 is 19.0 Å². The summed E-state index contributed by atoms with van der Waals surface area (Å²) < 4.78 is 34.9. The molecule has 35 heavy (non-hydrogen) atoms. The molecule has 2 aliphatic heterocycles. The van der Waals surface area contributed by atoms with Crippen LogP contribution in [-0.2, 0) is 16.1 Å². The van der Waals surface area contributed by atoms with Gasteiger partial charge in [-0.2, -0.15) is 8.78 Å². The number of hydrogen-bond acceptors (Lipinski definition) is 8. The van der Waals surface area contributed by atoms with Crippen LogP contribution in [0.5, 0.6) is 0 Å². The van der Waals surface area contributed by atoms with Crippen molar-refractivity contribution in [2.24, 2.45) is 0 Å². The maximum atomic E-state index is 12.5. The van der Waals surface area contributed by atoms with E-state index >= 15 is 0 Å². The first kappa shape index (κ1) is 24.8. The van der Waals surface area contributed by atoms with Crippen LogP contribution >= 0.6 is 0 Å². The van der Waals surface area contributed by atoms with Crippen LogP contribution in [0.1, 0.15) is 18.0 Å². The third-order valence-corrected chi connectivity index (χ3v) is 5.92. The zero-order valence-corrected chi connectivity index (χ0v) is 19.5. The molecule has 1 aromatic carbocycles. The van der Waals surface area contributed by atoms with E-state index < -0.39 is 12.3 Å². The fraction of sp³-hybridized carbons (Fsp3) is 0.417. The van der Waals surface area contributed by atoms with Crippen molar-refractivity contribution in [1.29, 1.82) is 0 Å². The third kappa shape index (κ3) is 6.65. The van der Waals surface area contributed by atoms with E-state index in [4.69, 9.17) is 9.15 Å². The fourth-order valence-corrected chi connectivity index (χ4v) is 3.69. The van der Waals surface area contributed by atoms with Crippen molar-refractivity contribution in [2.75, 3.05) is 51.3 Å². The Morgan fingerprint density at radius 1 is 1.09 bits per heavy atom. The van der Waals surface area contributed by atoms with Gasteiger partial charge in [-0.25, -0.2) is 0 Å². The number of benzene rings is 1. The monoisotopic (exact) mass is 486 g/mol. The van der Waals surface area contributed by atoms with Gasteiger partial charge in [0.25, 0.3) is 5.89 Å². The number of para-hydroxylation sites is 1. The van der Waals surface area contributed by atoms with Crippen LogP contribution in [0.15, 0.2) is 53.1 Å². The van der Waals surface area contributed by atoms with Gasteiger partial charge in [0.15, 0.2) is 0 Å². The first-order chi connectivity index (χ1) is 17.0. The van der Waals surface area contributed by atoms with Gasteiger partial charge in [0.2, 0.25) is 12.3 Å². The van der Waals surface area contributed by atoms with Crippen LogP contribution in [0.4, 0.5) is 14.5 Å². The van der Waals surface area contributed by atoms with E-state index in [1.54, 1.807) is 12.1 Å². The molecule has 186 valence electrons. The highest BCUT2D eigenvalue weighted by atomic mass is 19.3. The molecule has 0 bridgehead atoms. The average Bonchev–Trinajstić information content (AvgIpc) is 3.35. The Bertz CT molecular complexity index is 1050. The van der Waals surface area contributed by atoms with Crippen LogP contribution in [0, 0.1) is 0 Å². The van der Waals surface area contributed by atoms with Gasteiger partial charge in [-0.3, -0.25) is 14.7 Å². The standard InChI is InChI=1S/C16H12F2N4O2.C8H16N2O/c17-14(18)16-21-20-15(24-16)11-6-7-12(19-8-11)9-22(10-23)13-4-2-1-3-5-13;1-9-2-4-10(5-3-9)8-6-11-7-8/h1-8,10,14H,9H2;8H,2-7H2,1H3. The third-order valence-electron chi connectivity index (χ3n) is 5.92. The summed E-state index contributed by atoms with van der Waals surface area (Å²) in [5.41, 5.74) is 1.80. The fourth-order valence-electron chi connectivity index (χ4n) is 3.69. The lowest BCUT2D eigenvalue weighted by Crippen LogP contribution is -2.55. The number of ether oxygens (including phenoxy) is 1. The second-order valence-corrected chi connectivity index (χ2v) is 8.38. The molecule has 0 unspecified atom stereocenters. The summed E-state index contributed by atoms with van der Waals surface area (Å²) in [7, 11) is 2.19. The molecule has 4 heterocycles. The van der Waals surface area contributed by atoms with Crippen molar-refractivity contribution in [3.05, 3.63) is 60.2 Å². The summed E-state index contributed by atoms with van der Waals surface area (Å²) in [6.45, 7) is 7.09. The topological polar surface area (TPSA) is 87.8 Å². The number of piperazine rings is 1. The van der Waals surface area contributed by atoms with E-state index in [0.29, 0.717) is 11.3 Å². The minimum Gasteiger partial charge on any atom is -0.415 e. The molecule has 1 amide bonds. The number of alkyl halides is 2. The average molecular weight is 487 g/mol. The Hall–Kier alpha value is -3.28. The van der Waals surface area contributed by atoms with E-state index in [0.717, 1.165) is 31.4 Å². The molecule has 0 saturated carbocycles. The van der Waals surface area contributed by atoms with Gasteiger partial charge >= 0.3 is 6.43 Å². The van der Waals surface area contributed by atoms with Gasteiger partial charge in [-0.1, -0.05) is 18.2 Å². The summed E-state index contributed by atoms with van der Waals surface area (Å²) in [6.07, 6.45) is -0.658. The quantitative estimate of drug-likeness (QED) is 0.471. The van der Waals surface area contributed by atoms with Gasteiger partial charge in [0.1, 0.15) is 0 Å². The number of rotatable bonds is 7. The number of amides is 1. The molecule has 3 aromatic rings. The second-order valence-electron chi connectivity index (χ2n) is 8.38. The van der Waals surface area contributed by atoms with Gasteiger partial charge in [0, 0.05) is 38.1 Å². The molecule has 0 radical (unpaired) electrons. The minimum absolute atomic E-state index is 0.0281. The molecular formula is C24H28F2N6O3. The van der Waals surface area contributed by atoms with Crippen molar-refractivity contribution < 1.29 is 22.7 Å². The molecule has 9 nitrogen and oxygen atoms in total. The van der Waals surface area contributed by atoms with E-state index in [1.807, 2.05) is 30.3 Å². The van der Waals surface area contributed by atoms with Crippen LogP contribution in [0.2, 0.25) is 0 Å². The molecule has 0 spiro atoms. The molecule has 11 heteroatoms. The molecule has 5 rings (SSSR count). The van der Waals surface area contributed by atoms with Crippen molar-refractivity contribution >= 4 is 12.1 Å². The molecule has 0 atom stereocenters. The first-order valence-electron chi connectivity index (χ1n) is 11.4. The Morgan fingerprint density at radius 2 is 1.83 bits per heavy atom. The number of nitrogens with zero attached hydrogens (tertiary/aromatic N) is 6. The Kier molecular flexibility index (Phi) is 8.45. The smallest absolute Gasteiger partial charge is 0.314 e. The SMILES string of the molecule is CN1CCN(C2COC2)CC1.O=CN(Cc1ccc(-c2nnc(C(F)F)o2)cn1)c1ccccc1. The molecular weight excluding hydrogens is 458 g/mol. The number of pyridine rings is 1. The maximum Gasteiger partial charge on any atom is 0.314 e. The molecule has 2 aliphatic rings. The number of carbonyl (C=O) groups excluding carboxylic acids is 1. The summed E-state index contributed by atoms with van der Waals surface area (Å²) in [6, 6.07) is 13.2. The Balaban J connectivity index is 0.000000218. The van der Waals surface area contributed by atoms with E-state index in [9.17, 15) is 13.6 Å². The number of halogens is 2. The van der Waals surface area contributed by atoms with Gasteiger partial charge in [-0.05, 0) is 31.3 Å². The van der Waals surface area contributed by atoms with Crippen LogP contribution in [0.25, 0.3) is 11.5 Å². The van der Waals surface area contributed by atoms with E-state index in [2.05, 4.69) is 32.0 Å². The lowest BCUT2D eigenvalue weighted by Gasteiger charge is -2.41. The molecule has 2 fully saturated rings. The highest BCUT2D eigenvalue weighted by Crippen LogP contribution is 2.23. The zero-order chi connectivity index (χ0) is 24.6. The van der Waals surface area contributed by atoms with Crippen molar-refractivity contribution in [3.63, 3.8) is 0 Å². The second kappa shape index (κ2) is 11.9. The minimum atomic E-state index is -2.81. The lowest BCUT2D eigenvalue weighted by molar-refractivity contribution is -0.107. The number of likely N-dealkylation sites (N-methyl/N-ethyl adjacent to an activating group) is 1. The Labute approximate surface area is 202 Å². The number of hydrogen-bond donors (Lipinski definition) is 0. The van der Waals surface area contributed by atoms with Crippen LogP contribution in [0.3, 0.4) is 0 Å². The van der Waals surface area contributed by atoms with Crippen LogP contribution in [-0.4, -0.2) is 83.9 Å². The van der Waals surface area contributed by atoms with E-state index in [-0.39, 0.29) is 12.4 Å². The normalized spacial score (nSPS) is 16.9. The largest absolute Gasteiger partial charge is 0.415 e. The van der Waals surface area contributed by atoms with E-state index in [1.165, 1.54) is 37.3 Å². The maximum absolute atomic E-state index is 12.5. The molecule has 0 N–H and O–H groups in total. The van der Waals surface area contributed by atoms with Crippen LogP contribution < -0.4 is 4.90 Å². The van der Waals surface area contributed by atoms with Gasteiger partial charge in [-0.15, -0.1) is 10.2 Å². The van der Waals surface area contributed by atoms with Crippen molar-refractivity contribution in [3.8, 4) is 11.5 Å². The molecule has 0 aliphatic carbocycles. The predicted molar refractivity (Wildman–Crippen MR) is 125 cm³/mol. The first-order valence-corrected chi connectivity index (χ1v) is 11.4. The summed E-state index contributed by atoms with van der Waals surface area (Å²) in [5.74, 6) is -0.759. The van der Waals surface area contributed by atoms with Gasteiger partial charge in [0.05, 0.1) is 37.1 Å². The highest BCUT2D eigenvalue weighted by Gasteiger charge is 2.27. The number of aromatic nitrogens is 3. The highest BCUT2D eigenvalue weighted by molar-refractivity contribution is 5.74. The predicted octanol–water partition coefficient (Wildman–Crippen LogP) is 2.86. The number of anilines is 1. The Morgan fingerprint density at radius 3 is 2.37 bits per heavy atom. The van der Waals surface area contributed by atoms with Crippen molar-refractivity contribution in [2.45, 2.75) is 19.0 Å². The lowest BCUT2D eigenvalue weighted by atomic mass is 10.2. The molecule has 2 aromatic heterocycles. The zero-order valence-electron chi connectivity index (χ0n) is 19.5. The summed E-state index contributed by atoms with van der Waals surface area (Å²) in [5, 5.41) is 6.83. The number of carbonyl (C=O) groups is 1. The summed E-state index contributed by atoms with van der Waals surface area (Å²) >= 11 is 0. The summed E-state index contributed by atoms with van der Waals surface area (Å²) in [4.78, 5) is 21.9. The molecule has 2 saturated heterocycles. The van der Waals surface area contributed by atoms with Crippen molar-refractivity contribution in [1.82, 2.24) is 25.0 Å².